The van der Waals surface area contributed by atoms with E-state index in [1.807, 2.05) is 12.1 Å². The Morgan fingerprint density at radius 1 is 0.946 bits per heavy atom. The molecule has 37 heavy (non-hydrogen) atoms. The van der Waals surface area contributed by atoms with Gasteiger partial charge in [-0.2, -0.15) is 0 Å². The first-order valence-corrected chi connectivity index (χ1v) is 12.9. The number of hydrogen-bond donors (Lipinski definition) is 2. The summed E-state index contributed by atoms with van der Waals surface area (Å²) in [7, 11) is 7.95. The lowest BCUT2D eigenvalue weighted by molar-refractivity contribution is 0.102. The third-order valence-electron chi connectivity index (χ3n) is 6.62. The van der Waals surface area contributed by atoms with Crippen molar-refractivity contribution in [2.45, 2.75) is 32.7 Å². The molecule has 0 saturated carbocycles. The molecule has 1 aromatic heterocycles. The maximum atomic E-state index is 13.7. The summed E-state index contributed by atoms with van der Waals surface area (Å²) in [6.45, 7) is 2.70. The highest BCUT2D eigenvalue weighted by atomic mass is 32.1. The van der Waals surface area contributed by atoms with Crippen LogP contribution in [-0.4, -0.2) is 41.5 Å². The van der Waals surface area contributed by atoms with E-state index in [4.69, 9.17) is 23.7 Å². The third kappa shape index (κ3) is 5.41. The van der Waals surface area contributed by atoms with Gasteiger partial charge in [0, 0.05) is 23.1 Å². The predicted molar refractivity (Wildman–Crippen MR) is 146 cm³/mol. The number of thiophene rings is 1. The topological polar surface area (TPSA) is 87.3 Å². The number of anilines is 2. The molecule has 0 saturated heterocycles. The van der Waals surface area contributed by atoms with Crippen LogP contribution in [0.15, 0.2) is 30.3 Å². The number of ether oxygens (including phenoxy) is 5. The van der Waals surface area contributed by atoms with Gasteiger partial charge in [0.1, 0.15) is 16.5 Å². The fraction of sp³-hybridized carbons (Fsp3) is 0.393. The van der Waals surface area contributed by atoms with Crippen molar-refractivity contribution in [3.05, 3.63) is 51.9 Å². The summed E-state index contributed by atoms with van der Waals surface area (Å²) < 4.78 is 27.4. The fourth-order valence-corrected chi connectivity index (χ4v) is 6.09. The average molecular weight is 527 g/mol. The molecular formula is C28H34N2O6S. The van der Waals surface area contributed by atoms with Crippen molar-refractivity contribution in [2.75, 3.05) is 46.2 Å². The number of methoxy groups -OCH3 is 5. The van der Waals surface area contributed by atoms with E-state index in [1.165, 1.54) is 4.88 Å². The molecule has 2 N–H and O–H groups in total. The smallest absolute Gasteiger partial charge is 0.259 e. The first-order chi connectivity index (χ1) is 17.9. The minimum absolute atomic E-state index is 0.180. The van der Waals surface area contributed by atoms with E-state index < -0.39 is 0 Å². The Morgan fingerprint density at radius 3 is 2.35 bits per heavy atom. The zero-order valence-electron chi connectivity index (χ0n) is 22.2. The van der Waals surface area contributed by atoms with Crippen molar-refractivity contribution < 1.29 is 28.5 Å². The zero-order chi connectivity index (χ0) is 26.5. The molecule has 0 unspecified atom stereocenters. The molecule has 3 aromatic rings. The van der Waals surface area contributed by atoms with Gasteiger partial charge in [0.15, 0.2) is 11.5 Å². The van der Waals surface area contributed by atoms with Gasteiger partial charge in [-0.1, -0.05) is 6.92 Å². The Bertz CT molecular complexity index is 1270. The number of carbonyl (C=O) groups excluding carboxylic acids is 1. The molecule has 0 fully saturated rings. The van der Waals surface area contributed by atoms with Gasteiger partial charge in [0.05, 0.1) is 46.8 Å². The Balaban J connectivity index is 1.68. The molecule has 198 valence electrons. The lowest BCUT2D eigenvalue weighted by Gasteiger charge is -2.19. The molecule has 2 aromatic carbocycles. The fourth-order valence-electron chi connectivity index (χ4n) is 4.69. The summed E-state index contributed by atoms with van der Waals surface area (Å²) in [5.41, 5.74) is 3.24. The van der Waals surface area contributed by atoms with Gasteiger partial charge < -0.3 is 34.3 Å². The van der Waals surface area contributed by atoms with Gasteiger partial charge in [-0.15, -0.1) is 11.3 Å². The van der Waals surface area contributed by atoms with E-state index in [-0.39, 0.29) is 5.91 Å². The van der Waals surface area contributed by atoms with Crippen molar-refractivity contribution in [2.24, 2.45) is 5.92 Å². The van der Waals surface area contributed by atoms with Crippen LogP contribution >= 0.6 is 11.3 Å². The van der Waals surface area contributed by atoms with Gasteiger partial charge in [0.2, 0.25) is 5.75 Å². The van der Waals surface area contributed by atoms with Crippen LogP contribution in [0.1, 0.15) is 39.7 Å². The summed E-state index contributed by atoms with van der Waals surface area (Å²) in [6.07, 6.45) is 2.88. The van der Waals surface area contributed by atoms with E-state index >= 15 is 0 Å². The largest absolute Gasteiger partial charge is 0.497 e. The van der Waals surface area contributed by atoms with Gasteiger partial charge in [-0.25, -0.2) is 0 Å². The molecule has 1 heterocycles. The van der Waals surface area contributed by atoms with Crippen LogP contribution in [-0.2, 0) is 19.4 Å². The van der Waals surface area contributed by atoms with Crippen LogP contribution in [0, 0.1) is 5.92 Å². The summed E-state index contributed by atoms with van der Waals surface area (Å²) in [5, 5.41) is 7.39. The molecule has 1 aliphatic rings. The van der Waals surface area contributed by atoms with E-state index in [0.29, 0.717) is 52.5 Å². The molecule has 0 aliphatic heterocycles. The highest BCUT2D eigenvalue weighted by molar-refractivity contribution is 7.16. The standard InChI is InChI=1S/C28H34N2O6S/c1-16-7-10-19-23(13-16)37-28(29-15-17-8-11-22(34-4)26(36-6)25(17)35-5)24(19)27(31)30-20-14-18(32-2)9-12-21(20)33-3/h8-9,11-12,14,16,29H,7,10,13,15H2,1-6H3,(H,30,31)/t16-/m0/s1. The van der Waals surface area contributed by atoms with Crippen LogP contribution < -0.4 is 34.3 Å². The Hall–Kier alpha value is -3.59. The quantitative estimate of drug-likeness (QED) is 0.346. The zero-order valence-corrected chi connectivity index (χ0v) is 23.0. The highest BCUT2D eigenvalue weighted by Crippen LogP contribution is 2.43. The molecule has 1 amide bonds. The maximum Gasteiger partial charge on any atom is 0.259 e. The first kappa shape index (κ1) is 26.5. The third-order valence-corrected chi connectivity index (χ3v) is 7.83. The minimum atomic E-state index is -0.180. The molecule has 0 spiro atoms. The minimum Gasteiger partial charge on any atom is -0.497 e. The summed E-state index contributed by atoms with van der Waals surface area (Å²) in [5.74, 6) is 3.33. The molecule has 1 aliphatic carbocycles. The van der Waals surface area contributed by atoms with Crippen molar-refractivity contribution in [3.8, 4) is 28.7 Å². The summed E-state index contributed by atoms with van der Waals surface area (Å²) in [4.78, 5) is 15.0. The van der Waals surface area contributed by atoms with Gasteiger partial charge in [0.25, 0.3) is 5.91 Å². The number of nitrogens with one attached hydrogen (secondary N) is 2. The second-order valence-electron chi connectivity index (χ2n) is 8.92. The first-order valence-electron chi connectivity index (χ1n) is 12.1. The van der Waals surface area contributed by atoms with Crippen molar-refractivity contribution in [3.63, 3.8) is 0 Å². The van der Waals surface area contributed by atoms with E-state index in [1.54, 1.807) is 65.1 Å². The lowest BCUT2D eigenvalue weighted by atomic mass is 9.88. The normalized spacial score (nSPS) is 14.4. The molecule has 1 atom stereocenters. The molecule has 4 rings (SSSR count). The van der Waals surface area contributed by atoms with Crippen LogP contribution in [0.25, 0.3) is 0 Å². The van der Waals surface area contributed by atoms with Crippen LogP contribution in [0.2, 0.25) is 0 Å². The molecule has 0 bridgehead atoms. The van der Waals surface area contributed by atoms with E-state index in [0.717, 1.165) is 35.4 Å². The summed E-state index contributed by atoms with van der Waals surface area (Å²) >= 11 is 1.65. The number of benzene rings is 2. The van der Waals surface area contributed by atoms with Gasteiger partial charge in [-0.05, 0) is 55.0 Å². The van der Waals surface area contributed by atoms with Crippen molar-refractivity contribution in [1.29, 1.82) is 0 Å². The van der Waals surface area contributed by atoms with Crippen LogP contribution in [0.5, 0.6) is 28.7 Å². The lowest BCUT2D eigenvalue weighted by Crippen LogP contribution is -2.18. The molecule has 0 radical (unpaired) electrons. The Labute approximate surface area is 221 Å². The Kier molecular flexibility index (Phi) is 8.33. The monoisotopic (exact) mass is 526 g/mol. The number of rotatable bonds is 10. The molecule has 9 heteroatoms. The summed E-state index contributed by atoms with van der Waals surface area (Å²) in [6, 6.07) is 9.12. The SMILES string of the molecule is COc1ccc(OC)c(NC(=O)c2c(NCc3ccc(OC)c(OC)c3OC)sc3c2CC[C@H](C)C3)c1. The number of fused-ring (bicyclic) bond motifs is 1. The second kappa shape index (κ2) is 11.6. The van der Waals surface area contributed by atoms with Crippen LogP contribution in [0.4, 0.5) is 10.7 Å². The molecular weight excluding hydrogens is 492 g/mol. The van der Waals surface area contributed by atoms with E-state index in [2.05, 4.69) is 17.6 Å². The molecule has 8 nitrogen and oxygen atoms in total. The van der Waals surface area contributed by atoms with Crippen molar-refractivity contribution >= 4 is 27.9 Å². The van der Waals surface area contributed by atoms with Gasteiger partial charge >= 0.3 is 0 Å². The second-order valence-corrected chi connectivity index (χ2v) is 10.0. The van der Waals surface area contributed by atoms with E-state index in [9.17, 15) is 4.79 Å². The average Bonchev–Trinajstić information content (AvgIpc) is 3.28. The Morgan fingerprint density at radius 2 is 1.68 bits per heavy atom. The number of carbonyl (C=O) groups is 1. The van der Waals surface area contributed by atoms with Crippen molar-refractivity contribution in [1.82, 2.24) is 0 Å². The number of hydrogen-bond acceptors (Lipinski definition) is 8. The van der Waals surface area contributed by atoms with Crippen LogP contribution in [0.3, 0.4) is 0 Å². The van der Waals surface area contributed by atoms with Gasteiger partial charge in [-0.3, -0.25) is 4.79 Å². The number of amides is 1. The predicted octanol–water partition coefficient (Wildman–Crippen LogP) is 5.78. The maximum absolute atomic E-state index is 13.7. The highest BCUT2D eigenvalue weighted by Gasteiger charge is 2.28.